The first-order valence-corrected chi connectivity index (χ1v) is 11.4. The molecule has 0 spiro atoms. The highest BCUT2D eigenvalue weighted by molar-refractivity contribution is 6.30. The van der Waals surface area contributed by atoms with Crippen molar-refractivity contribution in [1.29, 1.82) is 0 Å². The topological polar surface area (TPSA) is 102 Å². The summed E-state index contributed by atoms with van der Waals surface area (Å²) < 4.78 is 10.8. The summed E-state index contributed by atoms with van der Waals surface area (Å²) in [7, 11) is 0. The van der Waals surface area contributed by atoms with E-state index >= 15 is 0 Å². The molecule has 1 amide bonds. The van der Waals surface area contributed by atoms with Gasteiger partial charge in [-0.25, -0.2) is 9.59 Å². The lowest BCUT2D eigenvalue weighted by atomic mass is 9.83. The molecule has 1 aliphatic carbocycles. The van der Waals surface area contributed by atoms with Crippen LogP contribution in [0.1, 0.15) is 65.5 Å². The molecule has 178 valence electrons. The number of hydrogen-bond acceptors (Lipinski definition) is 7. The van der Waals surface area contributed by atoms with E-state index in [1.165, 1.54) is 4.90 Å². The summed E-state index contributed by atoms with van der Waals surface area (Å²) in [5.41, 5.74) is 1.32. The fourth-order valence-corrected chi connectivity index (χ4v) is 4.28. The summed E-state index contributed by atoms with van der Waals surface area (Å²) in [5, 5.41) is 3.11. The third-order valence-electron chi connectivity index (χ3n) is 5.77. The van der Waals surface area contributed by atoms with Crippen molar-refractivity contribution in [3.05, 3.63) is 64.7 Å². The second kappa shape index (κ2) is 9.29. The van der Waals surface area contributed by atoms with Crippen molar-refractivity contribution < 1.29 is 28.7 Å². The minimum absolute atomic E-state index is 0.0416. The predicted octanol–water partition coefficient (Wildman–Crippen LogP) is 3.82. The Morgan fingerprint density at radius 2 is 1.68 bits per heavy atom. The molecule has 34 heavy (non-hydrogen) atoms. The number of fused-ring (bicyclic) bond motifs is 2. The van der Waals surface area contributed by atoms with Crippen LogP contribution in [-0.4, -0.2) is 59.9 Å². The van der Waals surface area contributed by atoms with E-state index in [2.05, 4.69) is 5.32 Å². The molecule has 1 aliphatic heterocycles. The molecule has 0 bridgehead atoms. The second-order valence-corrected chi connectivity index (χ2v) is 9.36. The zero-order chi connectivity index (χ0) is 24.5. The predicted molar refractivity (Wildman–Crippen MR) is 125 cm³/mol. The Balaban J connectivity index is 1.37. The van der Waals surface area contributed by atoms with Crippen molar-refractivity contribution in [3.63, 3.8) is 0 Å². The first kappa shape index (κ1) is 23.5. The normalized spacial score (nSPS) is 17.1. The Morgan fingerprint density at radius 3 is 2.38 bits per heavy atom. The first-order chi connectivity index (χ1) is 16.2. The van der Waals surface area contributed by atoms with Crippen LogP contribution in [0.15, 0.2) is 42.5 Å². The second-order valence-electron chi connectivity index (χ2n) is 9.36. The number of likely N-dealkylation sites (tertiary alicyclic amines) is 1. The minimum atomic E-state index is -0.671. The molecule has 4 rings (SSSR count). The van der Waals surface area contributed by atoms with E-state index in [1.807, 2.05) is 0 Å². The quantitative estimate of drug-likeness (QED) is 0.452. The number of carbonyl (C=O) groups is 4. The van der Waals surface area contributed by atoms with Crippen molar-refractivity contribution >= 4 is 29.3 Å². The summed E-state index contributed by atoms with van der Waals surface area (Å²) in [6.45, 7) is 6.06. The van der Waals surface area contributed by atoms with Crippen LogP contribution < -0.4 is 5.32 Å². The van der Waals surface area contributed by atoms with E-state index in [9.17, 15) is 19.2 Å². The minimum Gasteiger partial charge on any atom is -0.462 e. The molecule has 1 N–H and O–H groups in total. The number of rotatable bonds is 5. The summed E-state index contributed by atoms with van der Waals surface area (Å²) in [4.78, 5) is 52.3. The molecule has 8 heteroatoms. The summed E-state index contributed by atoms with van der Waals surface area (Å²) >= 11 is 0. The van der Waals surface area contributed by atoms with Gasteiger partial charge in [0, 0.05) is 35.5 Å². The molecule has 1 heterocycles. The Kier molecular flexibility index (Phi) is 6.41. The highest BCUT2D eigenvalue weighted by Crippen LogP contribution is 2.31. The van der Waals surface area contributed by atoms with Gasteiger partial charge in [-0.15, -0.1) is 0 Å². The molecule has 1 fully saturated rings. The molecule has 0 radical (unpaired) electrons. The van der Waals surface area contributed by atoms with Gasteiger partial charge in [0.1, 0.15) is 18.2 Å². The SMILES string of the molecule is CC(C)(C)OC(=O)N1CCC[C@H]1C(=O)OCCNc1cccc2c1C(=O)c1ccccc1C2=O. The Hall–Kier alpha value is -3.68. The van der Waals surface area contributed by atoms with Crippen LogP contribution in [-0.2, 0) is 14.3 Å². The fourth-order valence-electron chi connectivity index (χ4n) is 4.28. The van der Waals surface area contributed by atoms with E-state index in [-0.39, 0.29) is 24.7 Å². The molecule has 2 aromatic rings. The molecule has 0 aromatic heterocycles. The van der Waals surface area contributed by atoms with Gasteiger partial charge < -0.3 is 14.8 Å². The fraction of sp³-hybridized carbons (Fsp3) is 0.385. The largest absolute Gasteiger partial charge is 0.462 e. The van der Waals surface area contributed by atoms with Gasteiger partial charge in [0.25, 0.3) is 0 Å². The maximum absolute atomic E-state index is 13.1. The number of nitrogens with zero attached hydrogens (tertiary/aromatic N) is 1. The van der Waals surface area contributed by atoms with E-state index in [4.69, 9.17) is 9.47 Å². The number of anilines is 1. The monoisotopic (exact) mass is 464 g/mol. The summed E-state index contributed by atoms with van der Waals surface area (Å²) in [6.07, 6.45) is 0.697. The maximum atomic E-state index is 13.1. The zero-order valence-electron chi connectivity index (χ0n) is 19.6. The van der Waals surface area contributed by atoms with Gasteiger partial charge in [0.05, 0.1) is 5.56 Å². The van der Waals surface area contributed by atoms with Crippen LogP contribution in [0.3, 0.4) is 0 Å². The van der Waals surface area contributed by atoms with Gasteiger partial charge in [0.15, 0.2) is 11.6 Å². The highest BCUT2D eigenvalue weighted by atomic mass is 16.6. The Labute approximate surface area is 198 Å². The number of esters is 1. The van der Waals surface area contributed by atoms with E-state index < -0.39 is 23.7 Å². The van der Waals surface area contributed by atoms with Crippen molar-refractivity contribution in [1.82, 2.24) is 4.90 Å². The summed E-state index contributed by atoms with van der Waals surface area (Å²) in [5.74, 6) is -0.895. The van der Waals surface area contributed by atoms with Gasteiger partial charge >= 0.3 is 12.1 Å². The van der Waals surface area contributed by atoms with Crippen LogP contribution in [0.25, 0.3) is 0 Å². The summed E-state index contributed by atoms with van der Waals surface area (Å²) in [6, 6.07) is 11.2. The molecule has 0 saturated carbocycles. The van der Waals surface area contributed by atoms with Gasteiger partial charge in [-0.2, -0.15) is 0 Å². The van der Waals surface area contributed by atoms with Gasteiger partial charge in [-0.05, 0) is 39.7 Å². The lowest BCUT2D eigenvalue weighted by molar-refractivity contribution is -0.148. The van der Waals surface area contributed by atoms with E-state index in [0.29, 0.717) is 47.3 Å². The lowest BCUT2D eigenvalue weighted by Gasteiger charge is -2.27. The van der Waals surface area contributed by atoms with Gasteiger partial charge in [-0.1, -0.05) is 36.4 Å². The molecule has 0 unspecified atom stereocenters. The molecular weight excluding hydrogens is 436 g/mol. The van der Waals surface area contributed by atoms with E-state index in [0.717, 1.165) is 0 Å². The number of ether oxygens (including phenoxy) is 2. The van der Waals surface area contributed by atoms with Gasteiger partial charge in [-0.3, -0.25) is 14.5 Å². The van der Waals surface area contributed by atoms with Crippen LogP contribution in [0.2, 0.25) is 0 Å². The average molecular weight is 465 g/mol. The molecule has 1 saturated heterocycles. The van der Waals surface area contributed by atoms with Crippen LogP contribution in [0, 0.1) is 0 Å². The highest BCUT2D eigenvalue weighted by Gasteiger charge is 2.37. The molecular formula is C26H28N2O6. The number of amides is 1. The first-order valence-electron chi connectivity index (χ1n) is 11.4. The molecule has 8 nitrogen and oxygen atoms in total. The number of carbonyl (C=O) groups excluding carboxylic acids is 4. The average Bonchev–Trinajstić information content (AvgIpc) is 3.29. The van der Waals surface area contributed by atoms with Crippen molar-refractivity contribution in [2.75, 3.05) is 25.0 Å². The molecule has 2 aromatic carbocycles. The maximum Gasteiger partial charge on any atom is 0.411 e. The van der Waals surface area contributed by atoms with Crippen molar-refractivity contribution in [3.8, 4) is 0 Å². The Bertz CT molecular complexity index is 1150. The number of ketones is 2. The number of benzene rings is 2. The third-order valence-corrected chi connectivity index (χ3v) is 5.77. The molecule has 2 aliphatic rings. The molecule has 1 atom stereocenters. The van der Waals surface area contributed by atoms with Crippen LogP contribution in [0.4, 0.5) is 10.5 Å². The van der Waals surface area contributed by atoms with Crippen molar-refractivity contribution in [2.45, 2.75) is 45.3 Å². The van der Waals surface area contributed by atoms with E-state index in [1.54, 1.807) is 63.2 Å². The third kappa shape index (κ3) is 4.66. The zero-order valence-corrected chi connectivity index (χ0v) is 19.6. The lowest BCUT2D eigenvalue weighted by Crippen LogP contribution is -2.44. The van der Waals surface area contributed by atoms with Crippen LogP contribution >= 0.6 is 0 Å². The smallest absolute Gasteiger partial charge is 0.411 e. The van der Waals surface area contributed by atoms with Crippen LogP contribution in [0.5, 0.6) is 0 Å². The standard InChI is InChI=1S/C26H28N2O6/c1-26(2,3)34-25(32)28-14-7-12-20(28)24(31)33-15-13-27-19-11-6-10-18-21(19)23(30)17-9-5-4-8-16(17)22(18)29/h4-6,8-11,20,27H,7,12-15H2,1-3H3/t20-/m0/s1. The van der Waals surface area contributed by atoms with Gasteiger partial charge in [0.2, 0.25) is 0 Å². The van der Waals surface area contributed by atoms with Crippen molar-refractivity contribution in [2.24, 2.45) is 0 Å². The number of nitrogens with one attached hydrogen (secondary N) is 1. The Morgan fingerprint density at radius 1 is 1.00 bits per heavy atom. The number of hydrogen-bond donors (Lipinski definition) is 1.